The number of rotatable bonds is 6. The van der Waals surface area contributed by atoms with Gasteiger partial charge in [0, 0.05) is 29.6 Å². The number of carbonyl (C=O) groups excluding carboxylic acids is 1. The summed E-state index contributed by atoms with van der Waals surface area (Å²) in [6, 6.07) is 11.9. The van der Waals surface area contributed by atoms with Crippen molar-refractivity contribution in [2.75, 3.05) is 25.5 Å². The Bertz CT molecular complexity index is 1280. The van der Waals surface area contributed by atoms with Crippen LogP contribution in [0.1, 0.15) is 36.2 Å². The third kappa shape index (κ3) is 5.16. The summed E-state index contributed by atoms with van der Waals surface area (Å²) in [5, 5.41) is 5.16. The number of carbonyl (C=O) groups is 1. The predicted molar refractivity (Wildman–Crippen MR) is 135 cm³/mol. The van der Waals surface area contributed by atoms with E-state index in [0.717, 1.165) is 29.0 Å². The lowest BCUT2D eigenvalue weighted by Gasteiger charge is -2.34. The van der Waals surface area contributed by atoms with Crippen LogP contribution in [0.4, 0.5) is 5.13 Å². The number of amides is 1. The lowest BCUT2D eigenvalue weighted by atomic mass is 9.94. The molecule has 7 nitrogen and oxygen atoms in total. The zero-order chi connectivity index (χ0) is 24.5. The number of aromatic nitrogens is 1. The first-order valence-electron chi connectivity index (χ1n) is 11.2. The Hall–Kier alpha value is -2.75. The molecule has 1 N–H and O–H groups in total. The molecule has 0 spiro atoms. The van der Waals surface area contributed by atoms with Gasteiger partial charge in [0.1, 0.15) is 5.75 Å². The minimum absolute atomic E-state index is 0.205. The first-order chi connectivity index (χ1) is 16.2. The van der Waals surface area contributed by atoms with Crippen LogP contribution in [-0.2, 0) is 10.0 Å². The van der Waals surface area contributed by atoms with Gasteiger partial charge in [0.15, 0.2) is 5.13 Å². The molecule has 1 amide bonds. The highest BCUT2D eigenvalue weighted by molar-refractivity contribution is 7.89. The molecule has 1 fully saturated rings. The van der Waals surface area contributed by atoms with Gasteiger partial charge in [-0.25, -0.2) is 13.4 Å². The Morgan fingerprint density at radius 1 is 1.12 bits per heavy atom. The van der Waals surface area contributed by atoms with Crippen molar-refractivity contribution in [1.82, 2.24) is 9.29 Å². The summed E-state index contributed by atoms with van der Waals surface area (Å²) in [7, 11) is -1.95. The number of piperidine rings is 1. The fourth-order valence-corrected chi connectivity index (χ4v) is 6.79. The second-order valence-electron chi connectivity index (χ2n) is 8.97. The van der Waals surface area contributed by atoms with Crippen molar-refractivity contribution in [3.05, 3.63) is 59.0 Å². The first-order valence-corrected chi connectivity index (χ1v) is 13.5. The summed E-state index contributed by atoms with van der Waals surface area (Å²) < 4.78 is 33.0. The zero-order valence-corrected chi connectivity index (χ0v) is 21.4. The number of nitrogens with zero attached hydrogens (tertiary/aromatic N) is 2. The maximum absolute atomic E-state index is 13.1. The monoisotopic (exact) mass is 499 g/mol. The largest absolute Gasteiger partial charge is 0.496 e. The standard InChI is InChI=1S/C25H29N3O4S2/c1-16-11-17(2)14-28(13-16)34(30,31)21-8-5-19(6-9-21)24(29)27-25-26-22(15-33-25)20-7-10-23(32-4)18(3)12-20/h5-10,12,15-17H,11,13-14H2,1-4H3,(H,26,27,29)/t16-,17+. The first kappa shape index (κ1) is 24.4. The molecule has 0 bridgehead atoms. The van der Waals surface area contributed by atoms with Gasteiger partial charge in [-0.1, -0.05) is 13.8 Å². The van der Waals surface area contributed by atoms with Gasteiger partial charge < -0.3 is 4.74 Å². The number of hydrogen-bond acceptors (Lipinski definition) is 6. The maximum Gasteiger partial charge on any atom is 0.257 e. The Kier molecular flexibility index (Phi) is 7.06. The van der Waals surface area contributed by atoms with Crippen LogP contribution >= 0.6 is 11.3 Å². The number of hydrogen-bond donors (Lipinski definition) is 1. The van der Waals surface area contributed by atoms with E-state index < -0.39 is 10.0 Å². The van der Waals surface area contributed by atoms with Gasteiger partial charge in [0.2, 0.25) is 10.0 Å². The molecule has 2 aromatic carbocycles. The highest BCUT2D eigenvalue weighted by Crippen LogP contribution is 2.30. The van der Waals surface area contributed by atoms with Crippen molar-refractivity contribution >= 4 is 32.4 Å². The molecule has 1 saturated heterocycles. The van der Waals surface area contributed by atoms with Gasteiger partial charge >= 0.3 is 0 Å². The van der Waals surface area contributed by atoms with Crippen LogP contribution in [0.5, 0.6) is 5.75 Å². The molecule has 3 aromatic rings. The van der Waals surface area contributed by atoms with Crippen molar-refractivity contribution in [2.24, 2.45) is 11.8 Å². The number of aryl methyl sites for hydroxylation is 1. The number of benzene rings is 2. The molecule has 0 radical (unpaired) electrons. The van der Waals surface area contributed by atoms with Crippen LogP contribution in [0.15, 0.2) is 52.7 Å². The highest BCUT2D eigenvalue weighted by Gasteiger charge is 2.31. The SMILES string of the molecule is COc1ccc(-c2csc(NC(=O)c3ccc(S(=O)(=O)N4C[C@H](C)C[C@H](C)C4)cc3)n2)cc1C. The Labute approximate surface area is 204 Å². The van der Waals surface area contributed by atoms with Gasteiger partial charge in [0.05, 0.1) is 17.7 Å². The number of methoxy groups -OCH3 is 1. The minimum Gasteiger partial charge on any atom is -0.496 e. The fraction of sp³-hybridized carbons (Fsp3) is 0.360. The van der Waals surface area contributed by atoms with Crippen molar-refractivity contribution < 1.29 is 17.9 Å². The van der Waals surface area contributed by atoms with Crippen molar-refractivity contribution in [1.29, 1.82) is 0 Å². The normalized spacial score (nSPS) is 19.1. The lowest BCUT2D eigenvalue weighted by Crippen LogP contribution is -2.42. The summed E-state index contributed by atoms with van der Waals surface area (Å²) in [6.45, 7) is 7.16. The Balaban J connectivity index is 1.45. The van der Waals surface area contributed by atoms with E-state index in [4.69, 9.17) is 4.74 Å². The van der Waals surface area contributed by atoms with Gasteiger partial charge in [-0.15, -0.1) is 11.3 Å². The zero-order valence-electron chi connectivity index (χ0n) is 19.7. The van der Waals surface area contributed by atoms with E-state index in [9.17, 15) is 13.2 Å². The Morgan fingerprint density at radius 3 is 2.41 bits per heavy atom. The molecule has 2 atom stereocenters. The van der Waals surface area contributed by atoms with Crippen molar-refractivity contribution in [3.63, 3.8) is 0 Å². The number of anilines is 1. The second-order valence-corrected chi connectivity index (χ2v) is 11.8. The molecule has 1 aromatic heterocycles. The predicted octanol–water partition coefficient (Wildman–Crippen LogP) is 5.05. The fourth-order valence-electron chi connectivity index (χ4n) is 4.40. The summed E-state index contributed by atoms with van der Waals surface area (Å²) in [6.07, 6.45) is 1.03. The molecule has 0 aliphatic carbocycles. The molecule has 34 heavy (non-hydrogen) atoms. The van der Waals surface area contributed by atoms with Crippen molar-refractivity contribution in [2.45, 2.75) is 32.1 Å². The number of sulfonamides is 1. The van der Waals surface area contributed by atoms with Crippen molar-refractivity contribution in [3.8, 4) is 17.0 Å². The second kappa shape index (κ2) is 9.85. The average Bonchev–Trinajstić information content (AvgIpc) is 3.27. The molecule has 4 rings (SSSR count). The van der Waals surface area contributed by atoms with Gasteiger partial charge in [-0.3, -0.25) is 10.1 Å². The molecule has 1 aliphatic heterocycles. The third-order valence-electron chi connectivity index (χ3n) is 6.00. The summed E-state index contributed by atoms with van der Waals surface area (Å²) in [5.74, 6) is 1.13. The molecule has 0 unspecified atom stereocenters. The summed E-state index contributed by atoms with van der Waals surface area (Å²) in [5.41, 5.74) is 3.07. The van der Waals surface area contributed by atoms with Crippen LogP contribution in [0.2, 0.25) is 0 Å². The third-order valence-corrected chi connectivity index (χ3v) is 8.61. The lowest BCUT2D eigenvalue weighted by molar-refractivity contribution is 0.102. The van der Waals surface area contributed by atoms with Gasteiger partial charge in [-0.2, -0.15) is 4.31 Å². The molecular weight excluding hydrogens is 470 g/mol. The quantitative estimate of drug-likeness (QED) is 0.513. The van der Waals surface area contributed by atoms with Crippen LogP contribution < -0.4 is 10.1 Å². The number of ether oxygens (including phenoxy) is 1. The topological polar surface area (TPSA) is 88.6 Å². The molecule has 9 heteroatoms. The summed E-state index contributed by atoms with van der Waals surface area (Å²) >= 11 is 1.33. The number of nitrogens with one attached hydrogen (secondary N) is 1. The van der Waals surface area contributed by atoms with Crippen LogP contribution in [0.3, 0.4) is 0 Å². The average molecular weight is 500 g/mol. The van der Waals surface area contributed by atoms with E-state index in [1.165, 1.54) is 23.5 Å². The molecule has 2 heterocycles. The molecule has 0 saturated carbocycles. The van der Waals surface area contributed by atoms with Crippen LogP contribution in [0, 0.1) is 18.8 Å². The van der Waals surface area contributed by atoms with Crippen LogP contribution in [0.25, 0.3) is 11.3 Å². The smallest absolute Gasteiger partial charge is 0.257 e. The molecule has 1 aliphatic rings. The van der Waals surface area contributed by atoms with Crippen LogP contribution in [-0.4, -0.2) is 43.8 Å². The number of thiazole rings is 1. The highest BCUT2D eigenvalue weighted by atomic mass is 32.2. The Morgan fingerprint density at radius 2 is 1.79 bits per heavy atom. The van der Waals surface area contributed by atoms with E-state index in [0.29, 0.717) is 35.6 Å². The molecule has 180 valence electrons. The van der Waals surface area contributed by atoms with Gasteiger partial charge in [-0.05, 0) is 73.2 Å². The minimum atomic E-state index is -3.58. The van der Waals surface area contributed by atoms with E-state index in [-0.39, 0.29) is 10.8 Å². The van der Waals surface area contributed by atoms with E-state index >= 15 is 0 Å². The van der Waals surface area contributed by atoms with Gasteiger partial charge in [0.25, 0.3) is 5.91 Å². The maximum atomic E-state index is 13.1. The summed E-state index contributed by atoms with van der Waals surface area (Å²) in [4.78, 5) is 17.4. The van der Waals surface area contributed by atoms with E-state index in [2.05, 4.69) is 24.1 Å². The van der Waals surface area contributed by atoms with E-state index in [1.54, 1.807) is 23.5 Å². The molecular formula is C25H29N3O4S2. The van der Waals surface area contributed by atoms with E-state index in [1.807, 2.05) is 30.5 Å².